The fraction of sp³-hybridized carbons (Fsp3) is 0.800. The number of amides is 1. The van der Waals surface area contributed by atoms with Gasteiger partial charge in [0.25, 0.3) is 0 Å². The first-order valence-corrected chi connectivity index (χ1v) is 7.25. The lowest BCUT2D eigenvalue weighted by molar-refractivity contribution is 0.0734. The summed E-state index contributed by atoms with van der Waals surface area (Å²) in [7, 11) is 0. The Bertz CT molecular complexity index is 301. The van der Waals surface area contributed by atoms with Gasteiger partial charge >= 0.3 is 6.09 Å². The second-order valence-electron chi connectivity index (χ2n) is 5.36. The molecule has 0 aliphatic carbocycles. The van der Waals surface area contributed by atoms with Crippen molar-refractivity contribution in [2.45, 2.75) is 71.3 Å². The summed E-state index contributed by atoms with van der Waals surface area (Å²) < 4.78 is 5.54. The smallest absolute Gasteiger partial charge is 0.415 e. The summed E-state index contributed by atoms with van der Waals surface area (Å²) in [6.07, 6.45) is 7.51. The lowest BCUT2D eigenvalue weighted by atomic mass is 9.95. The molecule has 0 radical (unpaired) electrons. The molecule has 0 aromatic heterocycles. The molecule has 1 saturated heterocycles. The van der Waals surface area contributed by atoms with Gasteiger partial charge < -0.3 is 4.74 Å². The molecule has 1 amide bonds. The number of carbonyl (C=O) groups is 1. The van der Waals surface area contributed by atoms with Crippen LogP contribution in [0.2, 0.25) is 0 Å². The van der Waals surface area contributed by atoms with Crippen LogP contribution in [-0.2, 0) is 4.74 Å². The van der Waals surface area contributed by atoms with Gasteiger partial charge in [0.05, 0.1) is 5.70 Å². The monoisotopic (exact) mass is 253 g/mol. The van der Waals surface area contributed by atoms with E-state index in [0.717, 1.165) is 37.9 Å². The van der Waals surface area contributed by atoms with Crippen molar-refractivity contribution in [3.05, 3.63) is 12.3 Å². The van der Waals surface area contributed by atoms with E-state index >= 15 is 0 Å². The fourth-order valence-electron chi connectivity index (χ4n) is 2.33. The molecule has 0 N–H and O–H groups in total. The van der Waals surface area contributed by atoms with Crippen molar-refractivity contribution in [3.63, 3.8) is 0 Å². The maximum atomic E-state index is 11.8. The predicted molar refractivity (Wildman–Crippen MR) is 74.4 cm³/mol. The molecule has 1 unspecified atom stereocenters. The van der Waals surface area contributed by atoms with Crippen molar-refractivity contribution in [3.8, 4) is 0 Å². The summed E-state index contributed by atoms with van der Waals surface area (Å²) in [6, 6.07) is 0. The maximum absolute atomic E-state index is 11.8. The third-order valence-electron chi connectivity index (χ3n) is 3.71. The van der Waals surface area contributed by atoms with E-state index in [4.69, 9.17) is 4.74 Å². The van der Waals surface area contributed by atoms with E-state index in [1.54, 1.807) is 4.90 Å². The Morgan fingerprint density at radius 3 is 2.44 bits per heavy atom. The second-order valence-corrected chi connectivity index (χ2v) is 5.36. The van der Waals surface area contributed by atoms with Crippen molar-refractivity contribution in [2.75, 3.05) is 6.54 Å². The van der Waals surface area contributed by atoms with Crippen LogP contribution in [0.3, 0.4) is 0 Å². The molecule has 0 spiro atoms. The average molecular weight is 253 g/mol. The van der Waals surface area contributed by atoms with E-state index in [1.165, 1.54) is 19.3 Å². The fourth-order valence-corrected chi connectivity index (χ4v) is 2.33. The molecule has 0 aromatic carbocycles. The second kappa shape index (κ2) is 6.81. The van der Waals surface area contributed by atoms with Crippen LogP contribution in [0.4, 0.5) is 4.79 Å². The third kappa shape index (κ3) is 3.50. The molecule has 3 nitrogen and oxygen atoms in total. The highest BCUT2D eigenvalue weighted by atomic mass is 16.6. The van der Waals surface area contributed by atoms with E-state index in [9.17, 15) is 4.79 Å². The van der Waals surface area contributed by atoms with Gasteiger partial charge in [-0.2, -0.15) is 0 Å². The highest BCUT2D eigenvalue weighted by Gasteiger charge is 2.44. The van der Waals surface area contributed by atoms with Crippen molar-refractivity contribution >= 4 is 6.09 Å². The summed E-state index contributed by atoms with van der Waals surface area (Å²) in [5.74, 6) is 0. The van der Waals surface area contributed by atoms with Crippen molar-refractivity contribution in [1.82, 2.24) is 4.90 Å². The maximum Gasteiger partial charge on any atom is 0.415 e. The number of unbranched alkanes of at least 4 members (excludes halogenated alkanes) is 4. The van der Waals surface area contributed by atoms with Crippen molar-refractivity contribution in [2.24, 2.45) is 0 Å². The zero-order valence-electron chi connectivity index (χ0n) is 12.1. The molecular weight excluding hydrogens is 226 g/mol. The lowest BCUT2D eigenvalue weighted by Gasteiger charge is -2.24. The van der Waals surface area contributed by atoms with Crippen LogP contribution in [0.5, 0.6) is 0 Å². The topological polar surface area (TPSA) is 29.5 Å². The van der Waals surface area contributed by atoms with Crippen LogP contribution in [0.25, 0.3) is 0 Å². The molecule has 1 aliphatic heterocycles. The average Bonchev–Trinajstić information content (AvgIpc) is 2.55. The van der Waals surface area contributed by atoms with E-state index in [2.05, 4.69) is 20.4 Å². The standard InChI is InChI=1S/C15H27NO2/c1-5-7-9-10-11-15(4)13(3)16(12-8-6-2)14(17)18-15/h3,5-12H2,1-2,4H3. The van der Waals surface area contributed by atoms with Gasteiger partial charge in [0.15, 0.2) is 5.60 Å². The number of ether oxygens (including phenoxy) is 1. The number of rotatable bonds is 8. The van der Waals surface area contributed by atoms with Gasteiger partial charge in [-0.3, -0.25) is 4.90 Å². The minimum atomic E-state index is -0.474. The van der Waals surface area contributed by atoms with Crippen LogP contribution in [0.15, 0.2) is 12.3 Å². The van der Waals surface area contributed by atoms with Gasteiger partial charge in [0, 0.05) is 6.54 Å². The van der Waals surface area contributed by atoms with Crippen LogP contribution in [0, 0.1) is 0 Å². The molecule has 104 valence electrons. The molecule has 1 rings (SSSR count). The van der Waals surface area contributed by atoms with Crippen LogP contribution < -0.4 is 0 Å². The molecule has 1 atom stereocenters. The number of cyclic esters (lactones) is 1. The van der Waals surface area contributed by atoms with E-state index in [-0.39, 0.29) is 6.09 Å². The SMILES string of the molecule is C=C1N(CCCC)C(=O)OC1(C)CCCCCC. The number of hydrogen-bond acceptors (Lipinski definition) is 2. The van der Waals surface area contributed by atoms with Crippen molar-refractivity contribution < 1.29 is 9.53 Å². The van der Waals surface area contributed by atoms with E-state index < -0.39 is 5.60 Å². The summed E-state index contributed by atoms with van der Waals surface area (Å²) in [6.45, 7) is 11.1. The zero-order chi connectivity index (χ0) is 13.6. The molecule has 1 fully saturated rings. The summed E-state index contributed by atoms with van der Waals surface area (Å²) in [5.41, 5.74) is 0.371. The Kier molecular flexibility index (Phi) is 5.70. The Balaban J connectivity index is 2.51. The molecule has 1 heterocycles. The third-order valence-corrected chi connectivity index (χ3v) is 3.71. The lowest BCUT2D eigenvalue weighted by Crippen LogP contribution is -2.28. The highest BCUT2D eigenvalue weighted by molar-refractivity contribution is 5.74. The Hall–Kier alpha value is -0.990. The number of hydrogen-bond donors (Lipinski definition) is 0. The summed E-state index contributed by atoms with van der Waals surface area (Å²) in [5, 5.41) is 0. The molecule has 3 heteroatoms. The van der Waals surface area contributed by atoms with Crippen molar-refractivity contribution in [1.29, 1.82) is 0 Å². The minimum absolute atomic E-state index is 0.216. The van der Waals surface area contributed by atoms with Gasteiger partial charge in [-0.25, -0.2) is 4.79 Å². The van der Waals surface area contributed by atoms with Gasteiger partial charge in [-0.05, 0) is 26.2 Å². The minimum Gasteiger partial charge on any atom is -0.436 e. The Morgan fingerprint density at radius 1 is 1.17 bits per heavy atom. The Labute approximate surface area is 111 Å². The van der Waals surface area contributed by atoms with Gasteiger partial charge in [-0.1, -0.05) is 46.1 Å². The first-order valence-electron chi connectivity index (χ1n) is 7.25. The zero-order valence-corrected chi connectivity index (χ0v) is 12.1. The van der Waals surface area contributed by atoms with E-state index in [0.29, 0.717) is 0 Å². The molecule has 1 aliphatic rings. The molecule has 0 bridgehead atoms. The van der Waals surface area contributed by atoms with Crippen LogP contribution in [-0.4, -0.2) is 23.1 Å². The molecule has 18 heavy (non-hydrogen) atoms. The van der Waals surface area contributed by atoms with Gasteiger partial charge in [-0.15, -0.1) is 0 Å². The van der Waals surface area contributed by atoms with Gasteiger partial charge in [0.1, 0.15) is 0 Å². The Morgan fingerprint density at radius 2 is 1.83 bits per heavy atom. The first kappa shape index (κ1) is 15.1. The molecule has 0 aromatic rings. The summed E-state index contributed by atoms with van der Waals surface area (Å²) in [4.78, 5) is 13.5. The number of carbonyl (C=O) groups excluding carboxylic acids is 1. The predicted octanol–water partition coefficient (Wildman–Crippen LogP) is 4.48. The summed E-state index contributed by atoms with van der Waals surface area (Å²) >= 11 is 0. The molecule has 0 saturated carbocycles. The molecular formula is C15H27NO2. The largest absolute Gasteiger partial charge is 0.436 e. The van der Waals surface area contributed by atoms with E-state index in [1.807, 2.05) is 6.92 Å². The van der Waals surface area contributed by atoms with Crippen LogP contribution in [0.1, 0.15) is 65.7 Å². The van der Waals surface area contributed by atoms with Crippen LogP contribution >= 0.6 is 0 Å². The quantitative estimate of drug-likeness (QED) is 0.597. The van der Waals surface area contributed by atoms with Gasteiger partial charge in [0.2, 0.25) is 0 Å². The first-order chi connectivity index (χ1) is 8.55. The highest BCUT2D eigenvalue weighted by Crippen LogP contribution is 2.36. The number of nitrogens with zero attached hydrogens (tertiary/aromatic N) is 1. The normalized spacial score (nSPS) is 23.6.